The van der Waals surface area contributed by atoms with E-state index >= 15 is 0 Å². The van der Waals surface area contributed by atoms with Gasteiger partial charge in [0, 0.05) is 19.0 Å². The van der Waals surface area contributed by atoms with Crippen LogP contribution in [0.2, 0.25) is 0 Å². The van der Waals surface area contributed by atoms with Gasteiger partial charge in [-0.25, -0.2) is 0 Å². The zero-order valence-corrected chi connectivity index (χ0v) is 11.0. The van der Waals surface area contributed by atoms with Crippen molar-refractivity contribution in [3.8, 4) is 0 Å². The zero-order valence-electron chi connectivity index (χ0n) is 11.0. The van der Waals surface area contributed by atoms with Crippen molar-refractivity contribution in [1.29, 1.82) is 0 Å². The lowest BCUT2D eigenvalue weighted by Crippen LogP contribution is -2.30. The van der Waals surface area contributed by atoms with Crippen molar-refractivity contribution < 1.29 is 0 Å². The normalized spacial score (nSPS) is 21.8. The highest BCUT2D eigenvalue weighted by atomic mass is 15.3. The largest absolute Gasteiger partial charge is 0.312 e. The molecule has 2 heterocycles. The standard InChI is InChI=1S/C15H18N4/c1-2-4-12-9-13(6-5-11(12)3-1)15-18-17-14-10-16-7-8-19(14)15/h1-4,13,16H,5-10H2. The number of aromatic nitrogens is 3. The molecule has 0 radical (unpaired) electrons. The molecule has 1 atom stereocenters. The van der Waals surface area contributed by atoms with Gasteiger partial charge in [-0.2, -0.15) is 0 Å². The van der Waals surface area contributed by atoms with Crippen molar-refractivity contribution in [2.45, 2.75) is 38.3 Å². The van der Waals surface area contributed by atoms with E-state index in [1.807, 2.05) is 0 Å². The molecule has 0 saturated heterocycles. The molecule has 4 nitrogen and oxygen atoms in total. The molecule has 2 aliphatic rings. The number of hydrogen-bond acceptors (Lipinski definition) is 3. The van der Waals surface area contributed by atoms with E-state index in [-0.39, 0.29) is 0 Å². The molecule has 1 unspecified atom stereocenters. The van der Waals surface area contributed by atoms with Gasteiger partial charge in [0.15, 0.2) is 0 Å². The fourth-order valence-electron chi connectivity index (χ4n) is 3.33. The third kappa shape index (κ3) is 1.87. The minimum absolute atomic E-state index is 0.536. The first-order valence-corrected chi connectivity index (χ1v) is 7.11. The highest BCUT2D eigenvalue weighted by Crippen LogP contribution is 2.32. The number of fused-ring (bicyclic) bond motifs is 2. The summed E-state index contributed by atoms with van der Waals surface area (Å²) >= 11 is 0. The van der Waals surface area contributed by atoms with E-state index in [0.29, 0.717) is 5.92 Å². The van der Waals surface area contributed by atoms with Crippen molar-refractivity contribution in [2.75, 3.05) is 6.54 Å². The van der Waals surface area contributed by atoms with Gasteiger partial charge in [-0.3, -0.25) is 0 Å². The molecule has 4 heteroatoms. The Bertz CT molecular complexity index is 602. The maximum absolute atomic E-state index is 4.47. The average Bonchev–Trinajstić information content (AvgIpc) is 2.91. The summed E-state index contributed by atoms with van der Waals surface area (Å²) in [4.78, 5) is 0. The molecule has 1 aromatic heterocycles. The lowest BCUT2D eigenvalue weighted by Gasteiger charge is -2.25. The van der Waals surface area contributed by atoms with Crippen molar-refractivity contribution in [3.63, 3.8) is 0 Å². The Morgan fingerprint density at radius 3 is 3.00 bits per heavy atom. The molecule has 0 bridgehead atoms. The van der Waals surface area contributed by atoms with Crippen LogP contribution in [0, 0.1) is 0 Å². The van der Waals surface area contributed by atoms with Gasteiger partial charge in [0.05, 0.1) is 6.54 Å². The third-order valence-electron chi connectivity index (χ3n) is 4.36. The van der Waals surface area contributed by atoms with Crippen molar-refractivity contribution in [1.82, 2.24) is 20.1 Å². The smallest absolute Gasteiger partial charge is 0.147 e. The second kappa shape index (κ2) is 4.46. The maximum Gasteiger partial charge on any atom is 0.147 e. The summed E-state index contributed by atoms with van der Waals surface area (Å²) in [7, 11) is 0. The number of nitrogens with one attached hydrogen (secondary N) is 1. The number of rotatable bonds is 1. The number of hydrogen-bond donors (Lipinski definition) is 1. The predicted octanol–water partition coefficient (Wildman–Crippen LogP) is 1.65. The monoisotopic (exact) mass is 254 g/mol. The number of benzene rings is 1. The van der Waals surface area contributed by atoms with E-state index in [1.165, 1.54) is 29.8 Å². The molecule has 0 amide bonds. The predicted molar refractivity (Wildman–Crippen MR) is 72.9 cm³/mol. The summed E-state index contributed by atoms with van der Waals surface area (Å²) in [5.74, 6) is 2.83. The molecule has 0 fully saturated rings. The molecule has 1 aliphatic heterocycles. The zero-order chi connectivity index (χ0) is 12.7. The SMILES string of the molecule is c1ccc2c(c1)CCC(c1nnc3n1CCNC3)C2. The molecule has 98 valence electrons. The second-order valence-corrected chi connectivity index (χ2v) is 5.51. The first-order chi connectivity index (χ1) is 9.42. The van der Waals surface area contributed by atoms with E-state index < -0.39 is 0 Å². The van der Waals surface area contributed by atoms with Gasteiger partial charge in [-0.05, 0) is 30.4 Å². The Morgan fingerprint density at radius 2 is 2.05 bits per heavy atom. The highest BCUT2D eigenvalue weighted by Gasteiger charge is 2.26. The van der Waals surface area contributed by atoms with Gasteiger partial charge in [0.1, 0.15) is 11.6 Å². The number of aryl methyl sites for hydroxylation is 1. The lowest BCUT2D eigenvalue weighted by molar-refractivity contribution is 0.461. The minimum Gasteiger partial charge on any atom is -0.312 e. The first-order valence-electron chi connectivity index (χ1n) is 7.11. The third-order valence-corrected chi connectivity index (χ3v) is 4.36. The molecule has 2 aromatic rings. The summed E-state index contributed by atoms with van der Waals surface area (Å²) in [6.07, 6.45) is 3.48. The summed E-state index contributed by atoms with van der Waals surface area (Å²) in [5, 5.41) is 12.2. The quantitative estimate of drug-likeness (QED) is 0.841. The molecule has 0 spiro atoms. The Morgan fingerprint density at radius 1 is 1.16 bits per heavy atom. The van der Waals surface area contributed by atoms with Crippen LogP contribution in [-0.4, -0.2) is 21.3 Å². The molecule has 1 aliphatic carbocycles. The van der Waals surface area contributed by atoms with E-state index in [9.17, 15) is 0 Å². The van der Waals surface area contributed by atoms with Gasteiger partial charge in [-0.15, -0.1) is 10.2 Å². The van der Waals surface area contributed by atoms with E-state index in [2.05, 4.69) is 44.3 Å². The fourth-order valence-corrected chi connectivity index (χ4v) is 3.33. The van der Waals surface area contributed by atoms with Crippen LogP contribution in [0.3, 0.4) is 0 Å². The Kier molecular flexibility index (Phi) is 2.62. The molecule has 4 rings (SSSR count). The minimum atomic E-state index is 0.536. The summed E-state index contributed by atoms with van der Waals surface area (Å²) < 4.78 is 2.33. The Hall–Kier alpha value is -1.68. The van der Waals surface area contributed by atoms with Crippen molar-refractivity contribution in [2.24, 2.45) is 0 Å². The van der Waals surface area contributed by atoms with E-state index in [4.69, 9.17) is 0 Å². The lowest BCUT2D eigenvalue weighted by atomic mass is 9.83. The maximum atomic E-state index is 4.47. The van der Waals surface area contributed by atoms with Crippen molar-refractivity contribution >= 4 is 0 Å². The van der Waals surface area contributed by atoms with Gasteiger partial charge >= 0.3 is 0 Å². The van der Waals surface area contributed by atoms with Crippen LogP contribution in [0.1, 0.15) is 35.1 Å². The second-order valence-electron chi connectivity index (χ2n) is 5.51. The van der Waals surface area contributed by atoms with Gasteiger partial charge in [0.2, 0.25) is 0 Å². The van der Waals surface area contributed by atoms with Gasteiger partial charge in [-0.1, -0.05) is 24.3 Å². The Balaban J connectivity index is 1.66. The van der Waals surface area contributed by atoms with Crippen LogP contribution < -0.4 is 5.32 Å². The summed E-state index contributed by atoms with van der Waals surface area (Å²) in [5.41, 5.74) is 3.00. The fraction of sp³-hybridized carbons (Fsp3) is 0.467. The molecular weight excluding hydrogens is 236 g/mol. The average molecular weight is 254 g/mol. The molecule has 1 N–H and O–H groups in total. The van der Waals surface area contributed by atoms with Gasteiger partial charge in [0.25, 0.3) is 0 Å². The highest BCUT2D eigenvalue weighted by molar-refractivity contribution is 5.31. The van der Waals surface area contributed by atoms with Crippen LogP contribution in [0.15, 0.2) is 24.3 Å². The summed E-state index contributed by atoms with van der Waals surface area (Å²) in [6, 6.07) is 8.81. The molecule has 19 heavy (non-hydrogen) atoms. The first kappa shape index (κ1) is 11.2. The van der Waals surface area contributed by atoms with Crippen LogP contribution in [0.4, 0.5) is 0 Å². The van der Waals surface area contributed by atoms with E-state index in [0.717, 1.165) is 31.9 Å². The molecular formula is C15H18N4. The van der Waals surface area contributed by atoms with Crippen molar-refractivity contribution in [3.05, 3.63) is 47.0 Å². The Labute approximate surface area is 112 Å². The van der Waals surface area contributed by atoms with Crippen LogP contribution in [0.5, 0.6) is 0 Å². The molecule has 0 saturated carbocycles. The summed E-state index contributed by atoms with van der Waals surface area (Å²) in [6.45, 7) is 2.90. The van der Waals surface area contributed by atoms with Gasteiger partial charge < -0.3 is 9.88 Å². The van der Waals surface area contributed by atoms with E-state index in [1.54, 1.807) is 0 Å². The molecule has 1 aromatic carbocycles. The van der Waals surface area contributed by atoms with Crippen LogP contribution >= 0.6 is 0 Å². The number of nitrogens with zero attached hydrogens (tertiary/aromatic N) is 3. The topological polar surface area (TPSA) is 42.7 Å². The van der Waals surface area contributed by atoms with Crippen LogP contribution in [-0.2, 0) is 25.9 Å². The van der Waals surface area contributed by atoms with Crippen LogP contribution in [0.25, 0.3) is 0 Å².